The van der Waals surface area contributed by atoms with Gasteiger partial charge in [-0.2, -0.15) is 0 Å². The minimum absolute atomic E-state index is 0.205. The smallest absolute Gasteiger partial charge is 0.347 e. The molecule has 0 unspecified atom stereocenters. The Hall–Kier alpha value is -2.96. The van der Waals surface area contributed by atoms with Crippen molar-refractivity contribution < 1.29 is 27.8 Å². The van der Waals surface area contributed by atoms with Gasteiger partial charge in [0.15, 0.2) is 12.2 Å². The zero-order valence-electron chi connectivity index (χ0n) is 14.6. The second-order valence-electron chi connectivity index (χ2n) is 5.77. The number of carbonyl (C=O) groups excluding carboxylic acids is 2. The molecule has 138 valence electrons. The van der Waals surface area contributed by atoms with Crippen LogP contribution in [0.2, 0.25) is 0 Å². The fourth-order valence-corrected chi connectivity index (χ4v) is 2.09. The molecule has 0 aromatic heterocycles. The highest BCUT2D eigenvalue weighted by Crippen LogP contribution is 2.17. The number of hydrogen-bond donors (Lipinski definition) is 1. The number of amides is 1. The van der Waals surface area contributed by atoms with Crippen molar-refractivity contribution in [1.29, 1.82) is 0 Å². The van der Waals surface area contributed by atoms with Gasteiger partial charge in [0.05, 0.1) is 5.69 Å². The summed E-state index contributed by atoms with van der Waals surface area (Å²) in [4.78, 5) is 24.1. The predicted octanol–water partition coefficient (Wildman–Crippen LogP) is 3.61. The Morgan fingerprint density at radius 3 is 2.42 bits per heavy atom. The van der Waals surface area contributed by atoms with Crippen LogP contribution in [0.5, 0.6) is 5.75 Å². The summed E-state index contributed by atoms with van der Waals surface area (Å²) < 4.78 is 36.9. The SMILES string of the molecule is Cc1cccc(O[C@@H](C)C(=O)O[C@@H](C)C(=O)Nc2ccc(F)cc2F)c1. The number of anilines is 1. The zero-order chi connectivity index (χ0) is 19.3. The molecule has 0 bridgehead atoms. The van der Waals surface area contributed by atoms with Gasteiger partial charge in [-0.05, 0) is 50.6 Å². The van der Waals surface area contributed by atoms with E-state index in [1.807, 2.05) is 13.0 Å². The van der Waals surface area contributed by atoms with Gasteiger partial charge in [0.25, 0.3) is 5.91 Å². The lowest BCUT2D eigenvalue weighted by Gasteiger charge is -2.18. The highest BCUT2D eigenvalue weighted by Gasteiger charge is 2.24. The number of nitrogens with one attached hydrogen (secondary N) is 1. The van der Waals surface area contributed by atoms with E-state index in [2.05, 4.69) is 5.32 Å². The van der Waals surface area contributed by atoms with Gasteiger partial charge in [0, 0.05) is 6.07 Å². The highest BCUT2D eigenvalue weighted by atomic mass is 19.1. The number of esters is 1. The monoisotopic (exact) mass is 363 g/mol. The van der Waals surface area contributed by atoms with Gasteiger partial charge in [-0.15, -0.1) is 0 Å². The van der Waals surface area contributed by atoms with E-state index >= 15 is 0 Å². The van der Waals surface area contributed by atoms with Crippen molar-refractivity contribution >= 4 is 17.6 Å². The number of hydrogen-bond acceptors (Lipinski definition) is 4. The number of rotatable bonds is 6. The third kappa shape index (κ3) is 5.27. The molecule has 0 radical (unpaired) electrons. The predicted molar refractivity (Wildman–Crippen MR) is 91.8 cm³/mol. The zero-order valence-corrected chi connectivity index (χ0v) is 14.6. The Morgan fingerprint density at radius 2 is 1.77 bits per heavy atom. The summed E-state index contributed by atoms with van der Waals surface area (Å²) >= 11 is 0. The molecule has 0 aliphatic heterocycles. The van der Waals surface area contributed by atoms with Crippen LogP contribution in [-0.2, 0) is 14.3 Å². The van der Waals surface area contributed by atoms with Gasteiger partial charge in [-0.3, -0.25) is 4.79 Å². The molecule has 0 fully saturated rings. The summed E-state index contributed by atoms with van der Waals surface area (Å²) in [6, 6.07) is 9.87. The summed E-state index contributed by atoms with van der Waals surface area (Å²) in [6.45, 7) is 4.72. The van der Waals surface area contributed by atoms with E-state index in [0.717, 1.165) is 17.7 Å². The van der Waals surface area contributed by atoms with Crippen molar-refractivity contribution in [1.82, 2.24) is 0 Å². The van der Waals surface area contributed by atoms with Crippen LogP contribution >= 0.6 is 0 Å². The molecule has 0 saturated carbocycles. The maximum atomic E-state index is 13.6. The molecule has 0 heterocycles. The number of aryl methyl sites for hydroxylation is 1. The number of carbonyl (C=O) groups is 2. The normalized spacial score (nSPS) is 12.8. The van der Waals surface area contributed by atoms with Gasteiger partial charge < -0.3 is 14.8 Å². The quantitative estimate of drug-likeness (QED) is 0.797. The summed E-state index contributed by atoms with van der Waals surface area (Å²) in [5.74, 6) is -2.67. The molecule has 26 heavy (non-hydrogen) atoms. The van der Waals surface area contributed by atoms with Crippen LogP contribution < -0.4 is 10.1 Å². The Morgan fingerprint density at radius 1 is 1.04 bits per heavy atom. The van der Waals surface area contributed by atoms with E-state index in [-0.39, 0.29) is 5.69 Å². The van der Waals surface area contributed by atoms with E-state index in [9.17, 15) is 18.4 Å². The highest BCUT2D eigenvalue weighted by molar-refractivity contribution is 5.95. The molecule has 7 heteroatoms. The van der Waals surface area contributed by atoms with Crippen molar-refractivity contribution in [2.24, 2.45) is 0 Å². The van der Waals surface area contributed by atoms with Crippen LogP contribution in [0.1, 0.15) is 19.4 Å². The fourth-order valence-electron chi connectivity index (χ4n) is 2.09. The van der Waals surface area contributed by atoms with E-state index in [4.69, 9.17) is 9.47 Å². The maximum Gasteiger partial charge on any atom is 0.347 e. The second kappa shape index (κ2) is 8.42. The lowest BCUT2D eigenvalue weighted by atomic mass is 10.2. The summed E-state index contributed by atoms with van der Waals surface area (Å²) in [5.41, 5.74) is 0.764. The molecule has 0 spiro atoms. The van der Waals surface area contributed by atoms with Crippen LogP contribution in [0.4, 0.5) is 14.5 Å². The molecule has 2 atom stereocenters. The molecule has 2 rings (SSSR count). The summed E-state index contributed by atoms with van der Waals surface area (Å²) in [7, 11) is 0. The van der Waals surface area contributed by atoms with E-state index in [1.165, 1.54) is 13.8 Å². The van der Waals surface area contributed by atoms with Crippen LogP contribution in [0, 0.1) is 18.6 Å². The van der Waals surface area contributed by atoms with Gasteiger partial charge in [0.2, 0.25) is 0 Å². The number of benzene rings is 2. The molecule has 1 amide bonds. The molecule has 2 aromatic rings. The largest absolute Gasteiger partial charge is 0.479 e. The van der Waals surface area contributed by atoms with E-state index < -0.39 is 35.7 Å². The lowest BCUT2D eigenvalue weighted by molar-refractivity contribution is -0.159. The molecule has 0 saturated heterocycles. The van der Waals surface area contributed by atoms with Crippen LogP contribution in [0.25, 0.3) is 0 Å². The molecular weight excluding hydrogens is 344 g/mol. The van der Waals surface area contributed by atoms with Crippen molar-refractivity contribution in [3.63, 3.8) is 0 Å². The van der Waals surface area contributed by atoms with Crippen molar-refractivity contribution in [3.8, 4) is 5.75 Å². The second-order valence-corrected chi connectivity index (χ2v) is 5.77. The number of ether oxygens (including phenoxy) is 2. The first kappa shape index (κ1) is 19.4. The van der Waals surface area contributed by atoms with Crippen molar-refractivity contribution in [2.75, 3.05) is 5.32 Å². The first-order valence-corrected chi connectivity index (χ1v) is 7.96. The van der Waals surface area contributed by atoms with Crippen LogP contribution in [0.3, 0.4) is 0 Å². The number of halogens is 2. The minimum atomic E-state index is -1.18. The lowest BCUT2D eigenvalue weighted by Crippen LogP contribution is -2.35. The van der Waals surface area contributed by atoms with Crippen LogP contribution in [0.15, 0.2) is 42.5 Å². The minimum Gasteiger partial charge on any atom is -0.479 e. The maximum absolute atomic E-state index is 13.6. The molecule has 0 aliphatic rings. The Balaban J connectivity index is 1.91. The molecular formula is C19H19F2NO4. The molecule has 5 nitrogen and oxygen atoms in total. The first-order chi connectivity index (χ1) is 12.3. The Kier molecular flexibility index (Phi) is 6.27. The summed E-state index contributed by atoms with van der Waals surface area (Å²) in [5, 5.41) is 2.24. The third-order valence-electron chi connectivity index (χ3n) is 3.49. The average molecular weight is 363 g/mol. The van der Waals surface area contributed by atoms with Crippen molar-refractivity contribution in [2.45, 2.75) is 33.0 Å². The van der Waals surface area contributed by atoms with Crippen molar-refractivity contribution in [3.05, 3.63) is 59.7 Å². The van der Waals surface area contributed by atoms with E-state index in [0.29, 0.717) is 11.8 Å². The van der Waals surface area contributed by atoms with Gasteiger partial charge in [0.1, 0.15) is 17.4 Å². The molecule has 2 aromatic carbocycles. The van der Waals surface area contributed by atoms with Crippen LogP contribution in [-0.4, -0.2) is 24.1 Å². The average Bonchev–Trinajstić information content (AvgIpc) is 2.57. The Labute approximate surface area is 149 Å². The molecule has 1 N–H and O–H groups in total. The van der Waals surface area contributed by atoms with Gasteiger partial charge >= 0.3 is 5.97 Å². The topological polar surface area (TPSA) is 64.6 Å². The van der Waals surface area contributed by atoms with E-state index in [1.54, 1.807) is 18.2 Å². The summed E-state index contributed by atoms with van der Waals surface area (Å²) in [6.07, 6.45) is -2.12. The fraction of sp³-hybridized carbons (Fsp3) is 0.263. The third-order valence-corrected chi connectivity index (χ3v) is 3.49. The first-order valence-electron chi connectivity index (χ1n) is 7.96. The standard InChI is InChI=1S/C19H19F2NO4/c1-11-5-4-6-15(9-11)25-13(3)19(24)26-12(2)18(23)22-17-8-7-14(20)10-16(17)21/h4-10,12-13H,1-3H3,(H,22,23)/t12-,13-/m0/s1. The Bertz CT molecular complexity index is 810. The van der Waals surface area contributed by atoms with Gasteiger partial charge in [-0.25, -0.2) is 13.6 Å². The molecule has 0 aliphatic carbocycles. The van der Waals surface area contributed by atoms with Gasteiger partial charge in [-0.1, -0.05) is 12.1 Å².